The van der Waals surface area contributed by atoms with E-state index in [1.807, 2.05) is 5.32 Å². The summed E-state index contributed by atoms with van der Waals surface area (Å²) in [6, 6.07) is -0.437. The molecule has 0 fully saturated rings. The summed E-state index contributed by atoms with van der Waals surface area (Å²) >= 11 is 3.80. The van der Waals surface area contributed by atoms with Gasteiger partial charge in [-0.2, -0.15) is 17.9 Å². The third kappa shape index (κ3) is 2.82. The van der Waals surface area contributed by atoms with E-state index in [1.165, 1.54) is 11.1 Å². The minimum Gasteiger partial charge on any atom is -0.318 e. The molecule has 0 bridgehead atoms. The molecule has 0 radical (unpaired) electrons. The fourth-order valence-electron chi connectivity index (χ4n) is 0.207. The average molecular weight is 145 g/mol. The predicted octanol–water partition coefficient (Wildman–Crippen LogP) is -0.00382. The number of rotatable bonds is 1. The SMILES string of the molecule is CN(CS)C(=O)NC#N. The quantitative estimate of drug-likeness (QED) is 0.236. The van der Waals surface area contributed by atoms with Crippen LogP contribution in [0.4, 0.5) is 4.79 Å². The Bertz CT molecular complexity index is 141. The molecule has 0 aromatic carbocycles. The van der Waals surface area contributed by atoms with Crippen LogP contribution in [0.1, 0.15) is 0 Å². The smallest absolute Gasteiger partial charge is 0.318 e. The highest BCUT2D eigenvalue weighted by Gasteiger charge is 2.02. The van der Waals surface area contributed by atoms with Crippen LogP contribution in [0, 0.1) is 11.5 Å². The van der Waals surface area contributed by atoms with E-state index >= 15 is 0 Å². The van der Waals surface area contributed by atoms with Gasteiger partial charge in [-0.15, -0.1) is 0 Å². The van der Waals surface area contributed by atoms with Crippen LogP contribution in [0.2, 0.25) is 0 Å². The lowest BCUT2D eigenvalue weighted by atomic mass is 10.8. The van der Waals surface area contributed by atoms with Crippen LogP contribution in [-0.2, 0) is 0 Å². The lowest BCUT2D eigenvalue weighted by Gasteiger charge is -2.10. The summed E-state index contributed by atoms with van der Waals surface area (Å²) in [5.74, 6) is 0.299. The fourth-order valence-corrected chi connectivity index (χ4v) is 0.336. The molecule has 1 N–H and O–H groups in total. The molecular formula is C4H7N3OS. The summed E-state index contributed by atoms with van der Waals surface area (Å²) in [5.41, 5.74) is 0. The van der Waals surface area contributed by atoms with Crippen LogP contribution < -0.4 is 5.32 Å². The topological polar surface area (TPSA) is 56.1 Å². The van der Waals surface area contributed by atoms with Crippen molar-refractivity contribution < 1.29 is 4.79 Å². The molecule has 0 atom stereocenters. The second-order valence-electron chi connectivity index (χ2n) is 1.38. The van der Waals surface area contributed by atoms with Crippen molar-refractivity contribution in [1.29, 1.82) is 5.26 Å². The number of amides is 2. The maximum absolute atomic E-state index is 10.5. The van der Waals surface area contributed by atoms with Crippen molar-refractivity contribution in [3.05, 3.63) is 0 Å². The molecule has 0 rings (SSSR count). The first-order chi connectivity index (χ1) is 4.22. The van der Waals surface area contributed by atoms with E-state index in [9.17, 15) is 4.79 Å². The highest BCUT2D eigenvalue weighted by Crippen LogP contribution is 1.84. The second kappa shape index (κ2) is 4.04. The van der Waals surface area contributed by atoms with Gasteiger partial charge in [-0.05, 0) is 0 Å². The van der Waals surface area contributed by atoms with Gasteiger partial charge in [0.05, 0.1) is 5.88 Å². The molecule has 0 aliphatic carbocycles. The van der Waals surface area contributed by atoms with Crippen LogP contribution in [0.15, 0.2) is 0 Å². The number of urea groups is 1. The zero-order valence-electron chi connectivity index (χ0n) is 4.96. The van der Waals surface area contributed by atoms with Gasteiger partial charge in [-0.3, -0.25) is 0 Å². The summed E-state index contributed by atoms with van der Waals surface area (Å²) in [5, 5.41) is 9.89. The van der Waals surface area contributed by atoms with E-state index in [1.54, 1.807) is 7.05 Å². The molecule has 50 valence electrons. The van der Waals surface area contributed by atoms with E-state index in [-0.39, 0.29) is 0 Å². The molecule has 0 aromatic rings. The van der Waals surface area contributed by atoms with Crippen LogP contribution in [0.3, 0.4) is 0 Å². The van der Waals surface area contributed by atoms with Gasteiger partial charge >= 0.3 is 6.03 Å². The number of carbonyl (C=O) groups is 1. The Morgan fingerprint density at radius 2 is 2.56 bits per heavy atom. The minimum atomic E-state index is -0.437. The monoisotopic (exact) mass is 145 g/mol. The molecule has 2 amide bonds. The molecule has 0 aliphatic heterocycles. The highest BCUT2D eigenvalue weighted by molar-refractivity contribution is 7.80. The van der Waals surface area contributed by atoms with Crippen LogP contribution >= 0.6 is 12.6 Å². The van der Waals surface area contributed by atoms with Crippen molar-refractivity contribution in [2.75, 3.05) is 12.9 Å². The first-order valence-corrected chi connectivity index (χ1v) is 2.86. The minimum absolute atomic E-state index is 0.299. The van der Waals surface area contributed by atoms with Gasteiger partial charge in [0.1, 0.15) is 0 Å². The van der Waals surface area contributed by atoms with Crippen molar-refractivity contribution in [3.8, 4) is 6.19 Å². The van der Waals surface area contributed by atoms with Crippen LogP contribution in [-0.4, -0.2) is 23.9 Å². The molecule has 0 spiro atoms. The number of hydrogen-bond acceptors (Lipinski definition) is 3. The summed E-state index contributed by atoms with van der Waals surface area (Å²) in [6.45, 7) is 0. The predicted molar refractivity (Wildman–Crippen MR) is 35.8 cm³/mol. The van der Waals surface area contributed by atoms with Gasteiger partial charge in [0.15, 0.2) is 6.19 Å². The van der Waals surface area contributed by atoms with Crippen molar-refractivity contribution in [2.24, 2.45) is 0 Å². The second-order valence-corrected chi connectivity index (χ2v) is 1.66. The van der Waals surface area contributed by atoms with Crippen LogP contribution in [0.5, 0.6) is 0 Å². The van der Waals surface area contributed by atoms with Gasteiger partial charge in [0.2, 0.25) is 0 Å². The number of hydrogen-bond donors (Lipinski definition) is 2. The molecular weight excluding hydrogens is 138 g/mol. The molecule has 0 heterocycles. The number of nitrogens with zero attached hydrogens (tertiary/aromatic N) is 2. The lowest BCUT2D eigenvalue weighted by molar-refractivity contribution is 0.220. The van der Waals surface area contributed by atoms with Gasteiger partial charge < -0.3 is 4.90 Å². The third-order valence-electron chi connectivity index (χ3n) is 0.722. The molecule has 9 heavy (non-hydrogen) atoms. The Morgan fingerprint density at radius 1 is 2.00 bits per heavy atom. The van der Waals surface area contributed by atoms with Crippen molar-refractivity contribution in [2.45, 2.75) is 0 Å². The molecule has 0 unspecified atom stereocenters. The molecule has 0 saturated heterocycles. The molecule has 4 nitrogen and oxygen atoms in total. The lowest BCUT2D eigenvalue weighted by Crippen LogP contribution is -2.33. The molecule has 0 aliphatic rings. The Morgan fingerprint density at radius 3 is 2.89 bits per heavy atom. The molecule has 5 heteroatoms. The number of thiol groups is 1. The Balaban J connectivity index is 3.62. The maximum Gasteiger partial charge on any atom is 0.330 e. The summed E-state index contributed by atoms with van der Waals surface area (Å²) in [4.78, 5) is 11.8. The van der Waals surface area contributed by atoms with Crippen LogP contribution in [0.25, 0.3) is 0 Å². The average Bonchev–Trinajstić information content (AvgIpc) is 1.87. The van der Waals surface area contributed by atoms with Crippen molar-refractivity contribution in [3.63, 3.8) is 0 Å². The van der Waals surface area contributed by atoms with E-state index in [4.69, 9.17) is 5.26 Å². The van der Waals surface area contributed by atoms with Gasteiger partial charge in [0, 0.05) is 7.05 Å². The van der Waals surface area contributed by atoms with E-state index in [2.05, 4.69) is 12.6 Å². The summed E-state index contributed by atoms with van der Waals surface area (Å²) < 4.78 is 0. The normalized spacial score (nSPS) is 7.67. The number of carbonyl (C=O) groups excluding carboxylic acids is 1. The van der Waals surface area contributed by atoms with E-state index < -0.39 is 6.03 Å². The zero-order valence-corrected chi connectivity index (χ0v) is 5.85. The summed E-state index contributed by atoms with van der Waals surface area (Å²) in [7, 11) is 1.54. The number of nitrogens with one attached hydrogen (secondary N) is 1. The van der Waals surface area contributed by atoms with E-state index in [0.717, 1.165) is 0 Å². The first kappa shape index (κ1) is 8.11. The molecule has 0 aromatic heterocycles. The zero-order chi connectivity index (χ0) is 7.28. The standard InChI is InChI=1S/C4H7N3OS/c1-7(3-9)4(8)6-2-5/h9H,3H2,1H3,(H,6,8). The fraction of sp³-hybridized carbons (Fsp3) is 0.500. The largest absolute Gasteiger partial charge is 0.330 e. The van der Waals surface area contributed by atoms with Crippen molar-refractivity contribution in [1.82, 2.24) is 10.2 Å². The van der Waals surface area contributed by atoms with Crippen molar-refractivity contribution >= 4 is 18.7 Å². The first-order valence-electron chi connectivity index (χ1n) is 2.23. The Labute approximate surface area is 58.9 Å². The van der Waals surface area contributed by atoms with Gasteiger partial charge in [0.25, 0.3) is 0 Å². The Hall–Kier alpha value is -0.890. The van der Waals surface area contributed by atoms with Gasteiger partial charge in [-0.25, -0.2) is 10.1 Å². The summed E-state index contributed by atoms with van der Waals surface area (Å²) in [6.07, 6.45) is 1.51. The highest BCUT2D eigenvalue weighted by atomic mass is 32.1. The third-order valence-corrected chi connectivity index (χ3v) is 1.15. The van der Waals surface area contributed by atoms with Gasteiger partial charge in [-0.1, -0.05) is 0 Å². The van der Waals surface area contributed by atoms with E-state index in [0.29, 0.717) is 5.88 Å². The molecule has 0 saturated carbocycles. The maximum atomic E-state index is 10.5. The Kier molecular flexibility index (Phi) is 3.64. The number of nitriles is 1.